The van der Waals surface area contributed by atoms with Crippen molar-refractivity contribution in [3.8, 4) is 11.4 Å². The van der Waals surface area contributed by atoms with Gasteiger partial charge in [-0.3, -0.25) is 4.79 Å². The number of rotatable bonds is 6. The molecule has 0 saturated carbocycles. The molecule has 0 fully saturated rings. The van der Waals surface area contributed by atoms with E-state index in [0.29, 0.717) is 18.1 Å². The number of nitrogens with zero attached hydrogens (tertiary/aromatic N) is 6. The molecule has 2 aromatic heterocycles. The fraction of sp³-hybridized carbons (Fsp3) is 0.143. The molecule has 0 unspecified atom stereocenters. The van der Waals surface area contributed by atoms with Gasteiger partial charge in [0.15, 0.2) is 6.54 Å². The van der Waals surface area contributed by atoms with E-state index in [1.807, 2.05) is 30.3 Å². The Hall–Kier alpha value is -3.36. The zero-order valence-corrected chi connectivity index (χ0v) is 12.0. The fourth-order valence-electron chi connectivity index (χ4n) is 1.86. The first-order valence-electron chi connectivity index (χ1n) is 6.80. The van der Waals surface area contributed by atoms with Gasteiger partial charge in [-0.15, -0.1) is 10.2 Å². The highest BCUT2D eigenvalue weighted by Gasteiger charge is 2.09. The number of tetrazole rings is 1. The van der Waals surface area contributed by atoms with Crippen LogP contribution in [0.3, 0.4) is 0 Å². The number of aromatic nitrogens is 6. The van der Waals surface area contributed by atoms with Crippen LogP contribution >= 0.6 is 0 Å². The van der Waals surface area contributed by atoms with Crippen molar-refractivity contribution in [3.05, 3.63) is 48.3 Å². The van der Waals surface area contributed by atoms with E-state index in [9.17, 15) is 4.79 Å². The molecule has 116 valence electrons. The first-order chi connectivity index (χ1) is 11.2. The maximum Gasteiger partial charge on any atom is 0.327 e. The van der Waals surface area contributed by atoms with E-state index in [-0.39, 0.29) is 12.4 Å². The van der Waals surface area contributed by atoms with Crippen LogP contribution in [0, 0.1) is 0 Å². The monoisotopic (exact) mass is 311 g/mol. The van der Waals surface area contributed by atoms with Gasteiger partial charge < -0.3 is 10.4 Å². The van der Waals surface area contributed by atoms with Crippen LogP contribution in [0.1, 0.15) is 5.56 Å². The minimum absolute atomic E-state index is 0.279. The van der Waals surface area contributed by atoms with Crippen LogP contribution < -0.4 is 5.32 Å². The Balaban J connectivity index is 1.64. The van der Waals surface area contributed by atoms with Crippen molar-refractivity contribution in [2.24, 2.45) is 0 Å². The zero-order chi connectivity index (χ0) is 16.1. The summed E-state index contributed by atoms with van der Waals surface area (Å²) in [6.45, 7) is 0.276. The number of aliphatic carboxylic acids is 1. The Morgan fingerprint density at radius 2 is 1.91 bits per heavy atom. The molecule has 0 spiro atoms. The summed E-state index contributed by atoms with van der Waals surface area (Å²) in [6.07, 6.45) is 3.12. The van der Waals surface area contributed by atoms with E-state index in [1.165, 1.54) is 0 Å². The predicted octanol–water partition coefficient (Wildman–Crippen LogP) is 0.827. The normalized spacial score (nSPS) is 10.4. The molecule has 3 aromatic rings. The van der Waals surface area contributed by atoms with Crippen molar-refractivity contribution in [2.45, 2.75) is 13.1 Å². The van der Waals surface area contributed by atoms with Gasteiger partial charge in [-0.1, -0.05) is 30.3 Å². The molecule has 0 atom stereocenters. The molecule has 3 rings (SSSR count). The van der Waals surface area contributed by atoms with Crippen molar-refractivity contribution < 1.29 is 9.90 Å². The number of benzene rings is 1. The van der Waals surface area contributed by atoms with Gasteiger partial charge in [0, 0.05) is 18.9 Å². The predicted molar refractivity (Wildman–Crippen MR) is 80.2 cm³/mol. The summed E-state index contributed by atoms with van der Waals surface area (Å²) in [5.41, 5.74) is 1.69. The van der Waals surface area contributed by atoms with Crippen LogP contribution in [0.2, 0.25) is 0 Å². The molecular formula is C14H13N7O2. The van der Waals surface area contributed by atoms with Crippen LogP contribution in [-0.4, -0.2) is 41.3 Å². The number of hydrogen-bond acceptors (Lipinski definition) is 7. The molecule has 0 aliphatic heterocycles. The number of carboxylic acid groups (broad SMARTS) is 1. The van der Waals surface area contributed by atoms with E-state index in [1.54, 1.807) is 12.4 Å². The second kappa shape index (κ2) is 6.60. The quantitative estimate of drug-likeness (QED) is 0.687. The third-order valence-corrected chi connectivity index (χ3v) is 2.93. The second-order valence-electron chi connectivity index (χ2n) is 4.67. The van der Waals surface area contributed by atoms with Gasteiger partial charge in [0.05, 0.1) is 5.56 Å². The van der Waals surface area contributed by atoms with E-state index < -0.39 is 5.97 Å². The number of carbonyl (C=O) groups is 1. The molecule has 2 N–H and O–H groups in total. The third-order valence-electron chi connectivity index (χ3n) is 2.93. The van der Waals surface area contributed by atoms with Crippen LogP contribution in [0.25, 0.3) is 11.4 Å². The highest BCUT2D eigenvalue weighted by Crippen LogP contribution is 2.12. The minimum atomic E-state index is -1.04. The highest BCUT2D eigenvalue weighted by molar-refractivity contribution is 5.66. The molecule has 0 aliphatic carbocycles. The smallest absolute Gasteiger partial charge is 0.327 e. The standard InChI is InChI=1S/C14H13N7O2/c22-12(23)9-21-19-13(18-20-21)11-7-16-14(17-8-11)15-6-10-4-2-1-3-5-10/h1-5,7-8H,6,9H2,(H,22,23)(H,15,16,17). The molecule has 0 aliphatic rings. The van der Waals surface area contributed by atoms with Gasteiger partial charge >= 0.3 is 5.97 Å². The van der Waals surface area contributed by atoms with Gasteiger partial charge in [-0.05, 0) is 10.8 Å². The fourth-order valence-corrected chi connectivity index (χ4v) is 1.86. The Morgan fingerprint density at radius 1 is 1.17 bits per heavy atom. The van der Waals surface area contributed by atoms with E-state index in [0.717, 1.165) is 10.4 Å². The van der Waals surface area contributed by atoms with Crippen molar-refractivity contribution in [1.82, 2.24) is 30.2 Å². The summed E-state index contributed by atoms with van der Waals surface area (Å²) in [6, 6.07) is 9.90. The summed E-state index contributed by atoms with van der Waals surface area (Å²) >= 11 is 0. The van der Waals surface area contributed by atoms with Gasteiger partial charge in [0.2, 0.25) is 11.8 Å². The van der Waals surface area contributed by atoms with Gasteiger partial charge in [-0.25, -0.2) is 9.97 Å². The first kappa shape index (κ1) is 14.6. The van der Waals surface area contributed by atoms with Crippen molar-refractivity contribution in [2.75, 3.05) is 5.32 Å². The van der Waals surface area contributed by atoms with Crippen LogP contribution in [0.4, 0.5) is 5.95 Å². The zero-order valence-electron chi connectivity index (χ0n) is 12.0. The van der Waals surface area contributed by atoms with Crippen molar-refractivity contribution >= 4 is 11.9 Å². The van der Waals surface area contributed by atoms with Crippen LogP contribution in [-0.2, 0) is 17.9 Å². The topological polar surface area (TPSA) is 119 Å². The summed E-state index contributed by atoms with van der Waals surface area (Å²) in [5, 5.41) is 23.2. The highest BCUT2D eigenvalue weighted by atomic mass is 16.4. The first-order valence-corrected chi connectivity index (χ1v) is 6.80. The summed E-state index contributed by atoms with van der Waals surface area (Å²) < 4.78 is 0. The molecule has 2 heterocycles. The number of hydrogen-bond donors (Lipinski definition) is 2. The molecule has 0 radical (unpaired) electrons. The Labute approximate surface area is 131 Å². The minimum Gasteiger partial charge on any atom is -0.480 e. The average Bonchev–Trinajstić information content (AvgIpc) is 3.02. The Bertz CT molecular complexity index is 786. The Morgan fingerprint density at radius 3 is 2.61 bits per heavy atom. The van der Waals surface area contributed by atoms with Crippen molar-refractivity contribution in [3.63, 3.8) is 0 Å². The maximum absolute atomic E-state index is 10.6. The molecule has 0 amide bonds. The largest absolute Gasteiger partial charge is 0.480 e. The van der Waals surface area contributed by atoms with Crippen molar-refractivity contribution in [1.29, 1.82) is 0 Å². The summed E-state index contributed by atoms with van der Waals surface area (Å²) in [7, 11) is 0. The van der Waals surface area contributed by atoms with E-state index >= 15 is 0 Å². The lowest BCUT2D eigenvalue weighted by Gasteiger charge is -2.04. The van der Waals surface area contributed by atoms with Gasteiger partial charge in [-0.2, -0.15) is 4.80 Å². The molecule has 9 nitrogen and oxygen atoms in total. The maximum atomic E-state index is 10.6. The van der Waals surface area contributed by atoms with Crippen LogP contribution in [0.15, 0.2) is 42.7 Å². The van der Waals surface area contributed by atoms with E-state index in [2.05, 4.69) is 30.7 Å². The summed E-state index contributed by atoms with van der Waals surface area (Å²) in [5.74, 6) is -0.276. The molecule has 0 saturated heterocycles. The van der Waals surface area contributed by atoms with Gasteiger partial charge in [0.25, 0.3) is 0 Å². The lowest BCUT2D eigenvalue weighted by atomic mass is 10.2. The van der Waals surface area contributed by atoms with Crippen LogP contribution in [0.5, 0.6) is 0 Å². The molecular weight excluding hydrogens is 298 g/mol. The number of anilines is 1. The Kier molecular flexibility index (Phi) is 4.18. The SMILES string of the molecule is O=C(O)Cn1nnc(-c2cnc(NCc3ccccc3)nc2)n1. The molecule has 0 bridgehead atoms. The van der Waals surface area contributed by atoms with E-state index in [4.69, 9.17) is 5.11 Å². The molecule has 1 aromatic carbocycles. The lowest BCUT2D eigenvalue weighted by Crippen LogP contribution is -2.11. The molecule has 9 heteroatoms. The third kappa shape index (κ3) is 3.84. The van der Waals surface area contributed by atoms with Gasteiger partial charge in [0.1, 0.15) is 0 Å². The second-order valence-corrected chi connectivity index (χ2v) is 4.67. The average molecular weight is 311 g/mol. The molecule has 23 heavy (non-hydrogen) atoms. The number of nitrogens with one attached hydrogen (secondary N) is 1. The lowest BCUT2D eigenvalue weighted by molar-refractivity contribution is -0.138. The summed E-state index contributed by atoms with van der Waals surface area (Å²) in [4.78, 5) is 20.0. The number of carboxylic acids is 1.